The summed E-state index contributed by atoms with van der Waals surface area (Å²) in [7, 11) is 0. The summed E-state index contributed by atoms with van der Waals surface area (Å²) in [4.78, 5) is 22.2. The summed E-state index contributed by atoms with van der Waals surface area (Å²) >= 11 is 0. The van der Waals surface area contributed by atoms with Crippen LogP contribution in [0.2, 0.25) is 0 Å². The lowest BCUT2D eigenvalue weighted by Crippen LogP contribution is -2.24. The molecule has 0 aliphatic heterocycles. The predicted octanol–water partition coefficient (Wildman–Crippen LogP) is 3.84. The van der Waals surface area contributed by atoms with Gasteiger partial charge in [-0.2, -0.15) is 5.10 Å². The summed E-state index contributed by atoms with van der Waals surface area (Å²) in [5, 5.41) is 14.7. The van der Waals surface area contributed by atoms with E-state index in [-0.39, 0.29) is 23.9 Å². The standard InChI is InChI=1S/C22H18FN3O5/c23-19-6-2-1-5-17(19)14-30-18-11-9-16(10-12-18)13-24-25-22(27)15-31-21-8-4-3-7-20(21)26(28)29/h1-13H,14-15H2,(H,25,27). The maximum absolute atomic E-state index is 13.6. The SMILES string of the molecule is O=C(COc1ccccc1[N+](=O)[O-])NN=Cc1ccc(OCc2ccccc2F)cc1. The van der Waals surface area contributed by atoms with Crippen LogP contribution in [0.3, 0.4) is 0 Å². The Morgan fingerprint density at radius 2 is 1.74 bits per heavy atom. The normalized spacial score (nSPS) is 10.6. The molecule has 9 heteroatoms. The van der Waals surface area contributed by atoms with E-state index < -0.39 is 17.4 Å². The molecule has 1 amide bonds. The van der Waals surface area contributed by atoms with Gasteiger partial charge in [0, 0.05) is 11.6 Å². The average molecular weight is 423 g/mol. The molecule has 0 spiro atoms. The number of rotatable bonds is 9. The topological polar surface area (TPSA) is 103 Å². The van der Waals surface area contributed by atoms with Crippen LogP contribution in [0.5, 0.6) is 11.5 Å². The first-order valence-electron chi connectivity index (χ1n) is 9.17. The number of carbonyl (C=O) groups is 1. The number of para-hydroxylation sites is 2. The maximum atomic E-state index is 13.6. The van der Waals surface area contributed by atoms with Crippen LogP contribution >= 0.6 is 0 Å². The number of nitro groups is 1. The second kappa shape index (κ2) is 10.5. The van der Waals surface area contributed by atoms with Crippen LogP contribution in [0.15, 0.2) is 77.9 Å². The highest BCUT2D eigenvalue weighted by Crippen LogP contribution is 2.25. The Morgan fingerprint density at radius 3 is 2.48 bits per heavy atom. The van der Waals surface area contributed by atoms with E-state index in [1.807, 2.05) is 0 Å². The molecule has 0 heterocycles. The molecule has 0 atom stereocenters. The van der Waals surface area contributed by atoms with Crippen LogP contribution < -0.4 is 14.9 Å². The Morgan fingerprint density at radius 1 is 1.03 bits per heavy atom. The highest BCUT2D eigenvalue weighted by atomic mass is 19.1. The van der Waals surface area contributed by atoms with Gasteiger partial charge in [0.05, 0.1) is 11.1 Å². The number of halogens is 1. The number of amides is 1. The van der Waals surface area contributed by atoms with Crippen LogP contribution in [-0.4, -0.2) is 23.7 Å². The highest BCUT2D eigenvalue weighted by molar-refractivity contribution is 5.83. The first-order chi connectivity index (χ1) is 15.0. The van der Waals surface area contributed by atoms with Crippen molar-refractivity contribution in [3.05, 3.63) is 99.9 Å². The lowest BCUT2D eigenvalue weighted by Gasteiger charge is -2.07. The van der Waals surface area contributed by atoms with Gasteiger partial charge in [-0.15, -0.1) is 0 Å². The molecule has 0 fully saturated rings. The molecule has 0 aliphatic rings. The molecule has 0 bridgehead atoms. The van der Waals surface area contributed by atoms with Crippen LogP contribution in [0.4, 0.5) is 10.1 Å². The van der Waals surface area contributed by atoms with Crippen molar-refractivity contribution in [3.8, 4) is 11.5 Å². The summed E-state index contributed by atoms with van der Waals surface area (Å²) in [6, 6.07) is 19.0. The molecule has 0 saturated heterocycles. The van der Waals surface area contributed by atoms with Crippen molar-refractivity contribution in [2.24, 2.45) is 5.10 Å². The van der Waals surface area contributed by atoms with Gasteiger partial charge in [-0.3, -0.25) is 14.9 Å². The summed E-state index contributed by atoms with van der Waals surface area (Å²) in [6.45, 7) is -0.319. The Bertz CT molecular complexity index is 1090. The molecular weight excluding hydrogens is 405 g/mol. The van der Waals surface area contributed by atoms with E-state index in [1.165, 1.54) is 30.5 Å². The van der Waals surface area contributed by atoms with Crippen LogP contribution in [-0.2, 0) is 11.4 Å². The zero-order valence-corrected chi connectivity index (χ0v) is 16.2. The molecule has 0 aromatic heterocycles. The van der Waals surface area contributed by atoms with Gasteiger partial charge in [0.25, 0.3) is 5.91 Å². The van der Waals surface area contributed by atoms with Gasteiger partial charge in [-0.25, -0.2) is 9.82 Å². The zero-order valence-electron chi connectivity index (χ0n) is 16.2. The Kier molecular flexibility index (Phi) is 7.26. The second-order valence-corrected chi connectivity index (χ2v) is 6.26. The fraction of sp³-hybridized carbons (Fsp3) is 0.0909. The van der Waals surface area contributed by atoms with Gasteiger partial charge < -0.3 is 9.47 Å². The number of nitrogens with zero attached hydrogens (tertiary/aromatic N) is 2. The largest absolute Gasteiger partial charge is 0.489 e. The van der Waals surface area contributed by atoms with E-state index in [9.17, 15) is 19.3 Å². The van der Waals surface area contributed by atoms with Crippen LogP contribution in [0.1, 0.15) is 11.1 Å². The number of hydrazone groups is 1. The molecule has 1 N–H and O–H groups in total. The third kappa shape index (κ3) is 6.36. The van der Waals surface area contributed by atoms with E-state index in [0.29, 0.717) is 16.9 Å². The van der Waals surface area contributed by atoms with Gasteiger partial charge >= 0.3 is 5.69 Å². The van der Waals surface area contributed by atoms with Crippen molar-refractivity contribution >= 4 is 17.8 Å². The van der Waals surface area contributed by atoms with E-state index >= 15 is 0 Å². The fourth-order valence-electron chi connectivity index (χ4n) is 2.51. The van der Waals surface area contributed by atoms with E-state index in [1.54, 1.807) is 48.5 Å². The smallest absolute Gasteiger partial charge is 0.310 e. The second-order valence-electron chi connectivity index (χ2n) is 6.26. The third-order valence-electron chi connectivity index (χ3n) is 4.06. The van der Waals surface area contributed by atoms with Crippen molar-refractivity contribution < 1.29 is 23.6 Å². The molecule has 0 aliphatic carbocycles. The first-order valence-corrected chi connectivity index (χ1v) is 9.17. The van der Waals surface area contributed by atoms with Gasteiger partial charge in [0.15, 0.2) is 12.4 Å². The monoisotopic (exact) mass is 423 g/mol. The highest BCUT2D eigenvalue weighted by Gasteiger charge is 2.14. The molecule has 0 unspecified atom stereocenters. The molecule has 0 saturated carbocycles. The van der Waals surface area contributed by atoms with Gasteiger partial charge in [0.1, 0.15) is 18.2 Å². The van der Waals surface area contributed by atoms with Crippen molar-refractivity contribution in [2.45, 2.75) is 6.61 Å². The Hall–Kier alpha value is -4.27. The number of nitrogens with one attached hydrogen (secondary N) is 1. The van der Waals surface area contributed by atoms with Gasteiger partial charge in [-0.05, 0) is 42.0 Å². The predicted molar refractivity (Wildman–Crippen MR) is 112 cm³/mol. The summed E-state index contributed by atoms with van der Waals surface area (Å²) in [5.74, 6) is -0.341. The minimum Gasteiger partial charge on any atom is -0.489 e. The molecule has 8 nitrogen and oxygen atoms in total. The number of carbonyl (C=O) groups excluding carboxylic acids is 1. The fourth-order valence-corrected chi connectivity index (χ4v) is 2.51. The molecule has 3 rings (SSSR count). The molecule has 3 aromatic carbocycles. The minimum atomic E-state index is -0.588. The molecule has 158 valence electrons. The van der Waals surface area contributed by atoms with Crippen molar-refractivity contribution in [1.82, 2.24) is 5.43 Å². The Labute approximate surface area is 177 Å². The van der Waals surface area contributed by atoms with Crippen molar-refractivity contribution in [3.63, 3.8) is 0 Å². The van der Waals surface area contributed by atoms with E-state index in [2.05, 4.69) is 10.5 Å². The number of hydrogen-bond donors (Lipinski definition) is 1. The third-order valence-corrected chi connectivity index (χ3v) is 4.06. The average Bonchev–Trinajstić information content (AvgIpc) is 2.78. The summed E-state index contributed by atoms with van der Waals surface area (Å²) < 4.78 is 24.3. The van der Waals surface area contributed by atoms with E-state index in [4.69, 9.17) is 9.47 Å². The van der Waals surface area contributed by atoms with Gasteiger partial charge in [0.2, 0.25) is 0 Å². The minimum absolute atomic E-state index is 0.00222. The Balaban J connectivity index is 1.46. The lowest BCUT2D eigenvalue weighted by molar-refractivity contribution is -0.385. The maximum Gasteiger partial charge on any atom is 0.310 e. The van der Waals surface area contributed by atoms with Crippen molar-refractivity contribution in [1.29, 1.82) is 0 Å². The van der Waals surface area contributed by atoms with Gasteiger partial charge in [-0.1, -0.05) is 30.3 Å². The quantitative estimate of drug-likeness (QED) is 0.320. The van der Waals surface area contributed by atoms with Crippen LogP contribution in [0.25, 0.3) is 0 Å². The summed E-state index contributed by atoms with van der Waals surface area (Å²) in [6.07, 6.45) is 1.42. The molecule has 3 aromatic rings. The molecular formula is C22H18FN3O5. The van der Waals surface area contributed by atoms with E-state index in [0.717, 1.165) is 0 Å². The molecule has 0 radical (unpaired) electrons. The number of ether oxygens (including phenoxy) is 2. The zero-order chi connectivity index (χ0) is 22.1. The number of nitro benzene ring substituents is 1. The number of benzene rings is 3. The number of hydrogen-bond acceptors (Lipinski definition) is 6. The van der Waals surface area contributed by atoms with Crippen LogP contribution in [0, 0.1) is 15.9 Å². The summed E-state index contributed by atoms with van der Waals surface area (Å²) in [5.41, 5.74) is 3.20. The lowest BCUT2D eigenvalue weighted by atomic mass is 10.2. The first kappa shape index (κ1) is 21.4. The van der Waals surface area contributed by atoms with Crippen molar-refractivity contribution in [2.75, 3.05) is 6.61 Å². The molecule has 31 heavy (non-hydrogen) atoms.